The van der Waals surface area contributed by atoms with Gasteiger partial charge in [-0.1, -0.05) is 34.8 Å². The van der Waals surface area contributed by atoms with E-state index >= 15 is 0 Å². The maximum atomic E-state index is 12.8. The number of imide groups is 1. The van der Waals surface area contributed by atoms with Crippen LogP contribution < -0.4 is 5.32 Å². The molecule has 1 aromatic heterocycles. The highest BCUT2D eigenvalue weighted by Crippen LogP contribution is 2.35. The van der Waals surface area contributed by atoms with Crippen LogP contribution in [0, 0.1) is 0 Å². The fourth-order valence-corrected chi connectivity index (χ4v) is 4.76. The Morgan fingerprint density at radius 2 is 1.83 bits per heavy atom. The third-order valence-electron chi connectivity index (χ3n) is 4.93. The van der Waals surface area contributed by atoms with E-state index in [1.54, 1.807) is 30.3 Å². The predicted molar refractivity (Wildman–Crippen MR) is 138 cm³/mol. The lowest BCUT2D eigenvalue weighted by Crippen LogP contribution is -2.36. The molecule has 2 heterocycles. The molecule has 3 amide bonds. The van der Waals surface area contributed by atoms with Crippen molar-refractivity contribution in [3.05, 3.63) is 79.8 Å². The van der Waals surface area contributed by atoms with E-state index in [9.17, 15) is 19.2 Å². The van der Waals surface area contributed by atoms with Gasteiger partial charge in [0.25, 0.3) is 11.1 Å². The molecule has 12 heteroatoms. The zero-order chi connectivity index (χ0) is 26.0. The average Bonchev–Trinajstić information content (AvgIpc) is 3.40. The van der Waals surface area contributed by atoms with Crippen LogP contribution in [0.2, 0.25) is 15.1 Å². The number of esters is 1. The molecule has 36 heavy (non-hydrogen) atoms. The first-order valence-corrected chi connectivity index (χ1v) is 12.1. The van der Waals surface area contributed by atoms with Crippen LogP contribution in [0.5, 0.6) is 0 Å². The van der Waals surface area contributed by atoms with E-state index in [0.29, 0.717) is 38.9 Å². The first-order valence-electron chi connectivity index (χ1n) is 10.1. The molecule has 1 saturated heterocycles. The van der Waals surface area contributed by atoms with Crippen LogP contribution in [0.1, 0.15) is 16.1 Å². The van der Waals surface area contributed by atoms with Crippen molar-refractivity contribution in [2.24, 2.45) is 0 Å². The molecule has 1 N–H and O–H groups in total. The monoisotopic (exact) mass is 564 g/mol. The Morgan fingerprint density at radius 1 is 1.06 bits per heavy atom. The molecule has 0 aliphatic carbocycles. The topological polar surface area (TPSA) is 106 Å². The number of carbonyl (C=O) groups excluding carboxylic acids is 4. The first-order chi connectivity index (χ1) is 17.2. The first kappa shape index (κ1) is 25.8. The van der Waals surface area contributed by atoms with Crippen molar-refractivity contribution in [3.63, 3.8) is 0 Å². The van der Waals surface area contributed by atoms with Gasteiger partial charge in [0, 0.05) is 22.3 Å². The molecule has 0 bridgehead atoms. The third kappa shape index (κ3) is 5.60. The number of hydrogen-bond acceptors (Lipinski definition) is 7. The van der Waals surface area contributed by atoms with Crippen LogP contribution in [0.15, 0.2) is 57.9 Å². The van der Waals surface area contributed by atoms with E-state index in [1.807, 2.05) is 0 Å². The van der Waals surface area contributed by atoms with Crippen LogP contribution in [-0.2, 0) is 14.3 Å². The molecule has 0 unspecified atom stereocenters. The Hall–Kier alpha value is -3.24. The van der Waals surface area contributed by atoms with E-state index < -0.39 is 29.6 Å². The van der Waals surface area contributed by atoms with E-state index in [0.717, 1.165) is 4.90 Å². The molecule has 0 radical (unpaired) electrons. The lowest BCUT2D eigenvalue weighted by molar-refractivity contribution is -0.127. The number of hydrogen-bond donors (Lipinski definition) is 1. The van der Waals surface area contributed by atoms with Gasteiger partial charge in [0.05, 0.1) is 27.6 Å². The molecular weight excluding hydrogens is 551 g/mol. The molecule has 0 saturated carbocycles. The van der Waals surface area contributed by atoms with Gasteiger partial charge in [-0.3, -0.25) is 19.3 Å². The number of methoxy groups -OCH3 is 1. The van der Waals surface area contributed by atoms with Gasteiger partial charge in [-0.25, -0.2) is 4.79 Å². The van der Waals surface area contributed by atoms with Crippen molar-refractivity contribution in [2.45, 2.75) is 0 Å². The summed E-state index contributed by atoms with van der Waals surface area (Å²) in [5.41, 5.74) is 0.920. The fourth-order valence-electron chi connectivity index (χ4n) is 3.24. The summed E-state index contributed by atoms with van der Waals surface area (Å²) in [5.74, 6) is -1.19. The Bertz CT molecular complexity index is 1430. The quantitative estimate of drug-likeness (QED) is 0.273. The Kier molecular flexibility index (Phi) is 7.75. The summed E-state index contributed by atoms with van der Waals surface area (Å²) >= 11 is 18.8. The van der Waals surface area contributed by atoms with Crippen LogP contribution in [0.25, 0.3) is 17.4 Å². The minimum absolute atomic E-state index is 0.0590. The summed E-state index contributed by atoms with van der Waals surface area (Å²) in [6.07, 6.45) is 1.41. The Labute approximate surface area is 224 Å². The average molecular weight is 566 g/mol. The van der Waals surface area contributed by atoms with Crippen molar-refractivity contribution in [1.29, 1.82) is 0 Å². The maximum absolute atomic E-state index is 12.8. The minimum Gasteiger partial charge on any atom is -0.465 e. The molecule has 4 rings (SSSR count). The van der Waals surface area contributed by atoms with E-state index in [1.165, 1.54) is 31.4 Å². The summed E-state index contributed by atoms with van der Waals surface area (Å²) in [6, 6.07) is 12.5. The number of nitrogens with zero attached hydrogens (tertiary/aromatic N) is 1. The number of anilines is 1. The maximum Gasteiger partial charge on any atom is 0.339 e. The molecule has 3 aromatic rings. The summed E-state index contributed by atoms with van der Waals surface area (Å²) in [4.78, 5) is 50.4. The minimum atomic E-state index is -0.674. The predicted octanol–water partition coefficient (Wildman–Crippen LogP) is 6.37. The summed E-state index contributed by atoms with van der Waals surface area (Å²) < 4.78 is 10.4. The normalized spacial score (nSPS) is 14.4. The van der Waals surface area contributed by atoms with Crippen LogP contribution in [-0.4, -0.2) is 41.6 Å². The van der Waals surface area contributed by atoms with Crippen LogP contribution in [0.4, 0.5) is 10.5 Å². The number of halogens is 3. The Balaban J connectivity index is 1.45. The largest absolute Gasteiger partial charge is 0.465 e. The molecule has 2 aromatic carbocycles. The zero-order valence-corrected chi connectivity index (χ0v) is 21.4. The molecule has 1 aliphatic heterocycles. The van der Waals surface area contributed by atoms with Crippen LogP contribution >= 0.6 is 46.6 Å². The van der Waals surface area contributed by atoms with E-state index in [4.69, 9.17) is 39.2 Å². The van der Waals surface area contributed by atoms with E-state index in [2.05, 4.69) is 10.1 Å². The Morgan fingerprint density at radius 3 is 2.56 bits per heavy atom. The van der Waals surface area contributed by atoms with Crippen molar-refractivity contribution in [2.75, 3.05) is 19.0 Å². The van der Waals surface area contributed by atoms with Crippen LogP contribution in [0.3, 0.4) is 0 Å². The van der Waals surface area contributed by atoms with Gasteiger partial charge in [0.2, 0.25) is 5.91 Å². The SMILES string of the molecule is COC(=O)c1cc(NC(=O)CN2C(=O)S/C(=C/c3ccc(-c4ccc(Cl)cc4Cl)o3)C2=O)ccc1Cl. The molecule has 184 valence electrons. The van der Waals surface area contributed by atoms with Crippen molar-refractivity contribution in [1.82, 2.24) is 4.90 Å². The molecule has 0 atom stereocenters. The molecule has 1 aliphatic rings. The number of carbonyl (C=O) groups is 4. The number of furan rings is 1. The van der Waals surface area contributed by atoms with Gasteiger partial charge in [-0.15, -0.1) is 0 Å². The van der Waals surface area contributed by atoms with Gasteiger partial charge in [-0.05, 0) is 60.3 Å². The smallest absolute Gasteiger partial charge is 0.339 e. The third-order valence-corrected chi connectivity index (χ3v) is 6.71. The molecule has 8 nitrogen and oxygen atoms in total. The summed E-state index contributed by atoms with van der Waals surface area (Å²) in [7, 11) is 1.20. The number of amides is 3. The number of benzene rings is 2. The molecular formula is C24H15Cl3N2O6S. The molecule has 0 spiro atoms. The summed E-state index contributed by atoms with van der Waals surface area (Å²) in [5, 5.41) is 2.95. The lowest BCUT2D eigenvalue weighted by Gasteiger charge is -2.13. The summed E-state index contributed by atoms with van der Waals surface area (Å²) in [6.45, 7) is -0.526. The van der Waals surface area contributed by atoms with Gasteiger partial charge >= 0.3 is 5.97 Å². The highest BCUT2D eigenvalue weighted by atomic mass is 35.5. The van der Waals surface area contributed by atoms with Gasteiger partial charge in [0.1, 0.15) is 18.1 Å². The zero-order valence-electron chi connectivity index (χ0n) is 18.3. The number of rotatable bonds is 6. The fraction of sp³-hybridized carbons (Fsp3) is 0.0833. The second-order valence-corrected chi connectivity index (χ2v) is 9.57. The van der Waals surface area contributed by atoms with Crippen molar-refractivity contribution >= 4 is 81.4 Å². The van der Waals surface area contributed by atoms with Gasteiger partial charge in [0.15, 0.2) is 0 Å². The standard InChI is InChI=1S/C24H15Cl3N2O6S/c1-34-23(32)16-9-13(3-6-17(16)26)28-21(30)11-29-22(31)20(36-24(29)33)10-14-4-7-19(35-14)15-5-2-12(25)8-18(15)27/h2-10H,11H2,1H3,(H,28,30)/b20-10+. The van der Waals surface area contributed by atoms with Crippen molar-refractivity contribution < 1.29 is 28.3 Å². The van der Waals surface area contributed by atoms with Crippen molar-refractivity contribution in [3.8, 4) is 11.3 Å². The number of thioether (sulfide) groups is 1. The van der Waals surface area contributed by atoms with E-state index in [-0.39, 0.29) is 21.2 Å². The number of nitrogens with one attached hydrogen (secondary N) is 1. The lowest BCUT2D eigenvalue weighted by atomic mass is 10.2. The van der Waals surface area contributed by atoms with Gasteiger partial charge in [-0.2, -0.15) is 0 Å². The highest BCUT2D eigenvalue weighted by molar-refractivity contribution is 8.18. The second kappa shape index (κ2) is 10.8. The number of ether oxygens (including phenoxy) is 1. The highest BCUT2D eigenvalue weighted by Gasteiger charge is 2.36. The second-order valence-electron chi connectivity index (χ2n) is 7.33. The van der Waals surface area contributed by atoms with Gasteiger partial charge < -0.3 is 14.5 Å². The molecule has 1 fully saturated rings.